The summed E-state index contributed by atoms with van der Waals surface area (Å²) in [6.07, 6.45) is 0. The Morgan fingerprint density at radius 1 is 0.857 bits per heavy atom. The van der Waals surface area contributed by atoms with Gasteiger partial charge in [-0.2, -0.15) is 5.10 Å². The second kappa shape index (κ2) is 3.67. The molecule has 2 aromatic rings. The molecule has 0 unspecified atom stereocenters. The lowest BCUT2D eigenvalue weighted by Gasteiger charge is -1.97. The van der Waals surface area contributed by atoms with Crippen LogP contribution in [-0.2, 0) is 0 Å². The summed E-state index contributed by atoms with van der Waals surface area (Å²) in [7, 11) is 0. The molecule has 2 rings (SSSR count). The molecular formula is C9H7ClN4. The van der Waals surface area contributed by atoms with Crippen LogP contribution >= 0.6 is 11.6 Å². The Hall–Kier alpha value is -1.55. The van der Waals surface area contributed by atoms with E-state index >= 15 is 0 Å². The van der Waals surface area contributed by atoms with E-state index in [1.54, 1.807) is 12.1 Å². The van der Waals surface area contributed by atoms with Gasteiger partial charge in [0.05, 0.1) is 5.69 Å². The number of nitrogens with zero attached hydrogens (tertiary/aromatic N) is 4. The van der Waals surface area contributed by atoms with Crippen LogP contribution in [0, 0.1) is 6.92 Å². The zero-order chi connectivity index (χ0) is 9.97. The van der Waals surface area contributed by atoms with E-state index in [4.69, 9.17) is 11.6 Å². The first-order valence-corrected chi connectivity index (χ1v) is 4.43. The lowest BCUT2D eigenvalue weighted by molar-refractivity contribution is 0.961. The molecule has 0 aliphatic heterocycles. The number of aromatic nitrogens is 4. The van der Waals surface area contributed by atoms with Crippen LogP contribution in [0.4, 0.5) is 0 Å². The van der Waals surface area contributed by atoms with Gasteiger partial charge in [0.15, 0.2) is 5.15 Å². The maximum Gasteiger partial charge on any atom is 0.151 e. The number of hydrogen-bond acceptors (Lipinski definition) is 4. The molecule has 0 bridgehead atoms. The van der Waals surface area contributed by atoms with E-state index in [1.807, 2.05) is 19.1 Å². The van der Waals surface area contributed by atoms with E-state index in [2.05, 4.69) is 20.4 Å². The molecule has 0 aliphatic carbocycles. The average molecular weight is 207 g/mol. The Bertz CT molecular complexity index is 380. The lowest BCUT2D eigenvalue weighted by Crippen LogP contribution is -1.93. The smallest absolute Gasteiger partial charge is 0.151 e. The first-order valence-electron chi connectivity index (χ1n) is 4.05. The molecule has 14 heavy (non-hydrogen) atoms. The second-order valence-corrected chi connectivity index (χ2v) is 3.19. The third-order valence-corrected chi connectivity index (χ3v) is 1.89. The van der Waals surface area contributed by atoms with E-state index in [0.29, 0.717) is 16.5 Å². The fraction of sp³-hybridized carbons (Fsp3) is 0.111. The fourth-order valence-corrected chi connectivity index (χ4v) is 1.09. The Morgan fingerprint density at radius 2 is 1.50 bits per heavy atom. The van der Waals surface area contributed by atoms with Crippen molar-refractivity contribution in [3.63, 3.8) is 0 Å². The average Bonchev–Trinajstić information content (AvgIpc) is 2.21. The van der Waals surface area contributed by atoms with Crippen molar-refractivity contribution < 1.29 is 0 Å². The van der Waals surface area contributed by atoms with Gasteiger partial charge in [0.25, 0.3) is 0 Å². The highest BCUT2D eigenvalue weighted by Gasteiger charge is 2.01. The first kappa shape index (κ1) is 9.02. The Balaban J connectivity index is 2.40. The molecule has 2 aromatic heterocycles. The summed E-state index contributed by atoms with van der Waals surface area (Å²) in [5.41, 5.74) is 2.23. The Kier molecular flexibility index (Phi) is 2.37. The van der Waals surface area contributed by atoms with Gasteiger partial charge in [-0.1, -0.05) is 11.6 Å². The van der Waals surface area contributed by atoms with E-state index < -0.39 is 0 Å². The molecule has 70 valence electrons. The van der Waals surface area contributed by atoms with E-state index in [0.717, 1.165) is 5.69 Å². The minimum Gasteiger partial charge on any atom is -0.155 e. The summed E-state index contributed by atoms with van der Waals surface area (Å²) in [5.74, 6) is 0. The molecule has 4 nitrogen and oxygen atoms in total. The lowest BCUT2D eigenvalue weighted by atomic mass is 10.2. The monoisotopic (exact) mass is 206 g/mol. The van der Waals surface area contributed by atoms with Crippen LogP contribution in [-0.4, -0.2) is 20.4 Å². The molecule has 5 heteroatoms. The second-order valence-electron chi connectivity index (χ2n) is 2.80. The van der Waals surface area contributed by atoms with Gasteiger partial charge in [0.2, 0.25) is 0 Å². The molecule has 0 saturated heterocycles. The zero-order valence-corrected chi connectivity index (χ0v) is 8.23. The summed E-state index contributed by atoms with van der Waals surface area (Å²) >= 11 is 5.61. The van der Waals surface area contributed by atoms with Crippen LogP contribution in [0.25, 0.3) is 11.4 Å². The van der Waals surface area contributed by atoms with Gasteiger partial charge in [-0.25, -0.2) is 0 Å². The molecule has 0 spiro atoms. The Morgan fingerprint density at radius 3 is 2.00 bits per heavy atom. The molecular weight excluding hydrogens is 200 g/mol. The van der Waals surface area contributed by atoms with E-state index in [1.165, 1.54) is 0 Å². The summed E-state index contributed by atoms with van der Waals surface area (Å²) in [5, 5.41) is 15.9. The van der Waals surface area contributed by atoms with Crippen LogP contribution in [0.5, 0.6) is 0 Å². The molecule has 0 atom stereocenters. The highest BCUT2D eigenvalue weighted by atomic mass is 35.5. The quantitative estimate of drug-likeness (QED) is 0.715. The van der Waals surface area contributed by atoms with Crippen LogP contribution < -0.4 is 0 Å². The predicted octanol–water partition coefficient (Wildman–Crippen LogP) is 1.90. The first-order chi connectivity index (χ1) is 6.75. The van der Waals surface area contributed by atoms with Gasteiger partial charge >= 0.3 is 0 Å². The summed E-state index contributed by atoms with van der Waals surface area (Å²) in [6.45, 7) is 1.88. The third-order valence-electron chi connectivity index (χ3n) is 1.69. The van der Waals surface area contributed by atoms with Crippen molar-refractivity contribution in [3.8, 4) is 11.4 Å². The fourth-order valence-electron chi connectivity index (χ4n) is 0.988. The molecule has 0 aliphatic rings. The molecule has 0 radical (unpaired) electrons. The minimum atomic E-state index is 0.369. The molecule has 2 heterocycles. The van der Waals surface area contributed by atoms with Gasteiger partial charge in [0, 0.05) is 0 Å². The largest absolute Gasteiger partial charge is 0.155 e. The summed E-state index contributed by atoms with van der Waals surface area (Å²) in [6, 6.07) is 7.15. The number of aryl methyl sites for hydroxylation is 1. The number of rotatable bonds is 1. The minimum absolute atomic E-state index is 0.369. The Labute approximate surface area is 86.0 Å². The molecule has 0 N–H and O–H groups in total. The normalized spacial score (nSPS) is 10.1. The van der Waals surface area contributed by atoms with E-state index in [-0.39, 0.29) is 0 Å². The predicted molar refractivity (Wildman–Crippen MR) is 52.8 cm³/mol. The summed E-state index contributed by atoms with van der Waals surface area (Å²) < 4.78 is 0. The highest BCUT2D eigenvalue weighted by Crippen LogP contribution is 2.13. The van der Waals surface area contributed by atoms with Crippen molar-refractivity contribution in [3.05, 3.63) is 35.1 Å². The van der Waals surface area contributed by atoms with Gasteiger partial charge in [-0.3, -0.25) is 0 Å². The molecule has 0 amide bonds. The topological polar surface area (TPSA) is 51.6 Å². The van der Waals surface area contributed by atoms with Crippen LogP contribution in [0.3, 0.4) is 0 Å². The van der Waals surface area contributed by atoms with Crippen molar-refractivity contribution >= 4 is 11.6 Å². The van der Waals surface area contributed by atoms with Gasteiger partial charge < -0.3 is 0 Å². The zero-order valence-electron chi connectivity index (χ0n) is 7.48. The van der Waals surface area contributed by atoms with Gasteiger partial charge in [-0.15, -0.1) is 15.3 Å². The van der Waals surface area contributed by atoms with Crippen molar-refractivity contribution in [2.45, 2.75) is 6.92 Å². The van der Waals surface area contributed by atoms with E-state index in [9.17, 15) is 0 Å². The highest BCUT2D eigenvalue weighted by molar-refractivity contribution is 6.29. The SMILES string of the molecule is Cc1ccc(-c2ccc(Cl)nn2)nn1. The van der Waals surface area contributed by atoms with Crippen molar-refractivity contribution in [1.29, 1.82) is 0 Å². The van der Waals surface area contributed by atoms with Crippen LogP contribution in [0.15, 0.2) is 24.3 Å². The van der Waals surface area contributed by atoms with Crippen molar-refractivity contribution in [2.24, 2.45) is 0 Å². The molecule has 0 saturated carbocycles. The molecule has 0 fully saturated rings. The van der Waals surface area contributed by atoms with Crippen molar-refractivity contribution in [2.75, 3.05) is 0 Å². The van der Waals surface area contributed by atoms with Crippen LogP contribution in [0.1, 0.15) is 5.69 Å². The standard InChI is InChI=1S/C9H7ClN4/c1-6-2-3-7(12-11-6)8-4-5-9(10)14-13-8/h2-5H,1H3. The molecule has 0 aromatic carbocycles. The van der Waals surface area contributed by atoms with Gasteiger partial charge in [0.1, 0.15) is 11.4 Å². The maximum atomic E-state index is 5.61. The number of halogens is 1. The third kappa shape index (κ3) is 1.85. The maximum absolute atomic E-state index is 5.61. The van der Waals surface area contributed by atoms with Gasteiger partial charge in [-0.05, 0) is 31.2 Å². The summed E-state index contributed by atoms with van der Waals surface area (Å²) in [4.78, 5) is 0. The number of hydrogen-bond donors (Lipinski definition) is 0. The van der Waals surface area contributed by atoms with Crippen molar-refractivity contribution in [1.82, 2.24) is 20.4 Å². The van der Waals surface area contributed by atoms with Crippen LogP contribution in [0.2, 0.25) is 5.15 Å².